The van der Waals surface area contributed by atoms with Gasteiger partial charge in [0.1, 0.15) is 23.0 Å². The van der Waals surface area contributed by atoms with Crippen molar-refractivity contribution in [1.29, 1.82) is 0 Å². The van der Waals surface area contributed by atoms with Crippen LogP contribution in [0.3, 0.4) is 0 Å². The summed E-state index contributed by atoms with van der Waals surface area (Å²) in [5, 5.41) is 5.90. The molecule has 9 nitrogen and oxygen atoms in total. The number of carbonyl (C=O) groups excluding carboxylic acids is 2. The number of urea groups is 1. The van der Waals surface area contributed by atoms with Crippen molar-refractivity contribution < 1.29 is 23.8 Å². The Kier molecular flexibility index (Phi) is 7.34. The van der Waals surface area contributed by atoms with Crippen molar-refractivity contribution >= 4 is 40.1 Å². The first-order valence-electron chi connectivity index (χ1n) is 10.8. The second-order valence-corrected chi connectivity index (χ2v) is 8.17. The fourth-order valence-electron chi connectivity index (χ4n) is 3.81. The Balaban J connectivity index is 1.46. The topological polar surface area (TPSA) is 102 Å². The van der Waals surface area contributed by atoms with Crippen LogP contribution in [0.5, 0.6) is 23.0 Å². The van der Waals surface area contributed by atoms with Gasteiger partial charge in [-0.2, -0.15) is 0 Å². The minimum atomic E-state index is -0.618. The average molecular weight is 485 g/mol. The molecule has 1 saturated heterocycles. The molecule has 0 aliphatic carbocycles. The van der Waals surface area contributed by atoms with Gasteiger partial charge in [0.05, 0.1) is 36.7 Å². The number of nitrogens with zero attached hydrogens (tertiary/aromatic N) is 2. The van der Waals surface area contributed by atoms with Gasteiger partial charge in [-0.25, -0.2) is 4.79 Å². The highest BCUT2D eigenvalue weighted by Gasteiger charge is 2.17. The van der Waals surface area contributed by atoms with E-state index in [2.05, 4.69) is 15.6 Å². The smallest absolute Gasteiger partial charge is 0.325 e. The lowest BCUT2D eigenvalue weighted by atomic mass is 10.1. The zero-order valence-electron chi connectivity index (χ0n) is 18.9. The van der Waals surface area contributed by atoms with E-state index < -0.39 is 6.03 Å². The predicted octanol–water partition coefficient (Wildman–Crippen LogP) is 4.44. The monoisotopic (exact) mass is 484 g/mol. The third kappa shape index (κ3) is 5.49. The van der Waals surface area contributed by atoms with Gasteiger partial charge in [0.2, 0.25) is 5.91 Å². The predicted molar refractivity (Wildman–Crippen MR) is 129 cm³/mol. The highest BCUT2D eigenvalue weighted by Crippen LogP contribution is 2.40. The van der Waals surface area contributed by atoms with E-state index in [1.807, 2.05) is 4.90 Å². The van der Waals surface area contributed by atoms with Gasteiger partial charge in [0.25, 0.3) is 0 Å². The normalized spacial score (nSPS) is 13.5. The standard InChI is InChI=1S/C24H25ClN4O5/c1-32-16-12-18-23(21(13-16)33-2)20(7-8-26-18)34-19-6-5-15(11-17(19)25)27-24(31)28-22(30)14-29-9-3-4-10-29/h5-8,11-13H,3-4,9-10,14H2,1-2H3,(H2,27,28,30,31). The molecule has 0 saturated carbocycles. The van der Waals surface area contributed by atoms with Crippen LogP contribution in [0, 0.1) is 0 Å². The summed E-state index contributed by atoms with van der Waals surface area (Å²) in [5.74, 6) is 1.68. The van der Waals surface area contributed by atoms with Crippen LogP contribution < -0.4 is 24.8 Å². The van der Waals surface area contributed by atoms with Crippen LogP contribution in [-0.2, 0) is 4.79 Å². The van der Waals surface area contributed by atoms with E-state index in [1.165, 1.54) is 0 Å². The van der Waals surface area contributed by atoms with Crippen LogP contribution in [0.1, 0.15) is 12.8 Å². The SMILES string of the molecule is COc1cc(OC)c2c(Oc3ccc(NC(=O)NC(=O)CN4CCCC4)cc3Cl)ccnc2c1. The molecule has 0 unspecified atom stereocenters. The van der Waals surface area contributed by atoms with Crippen molar-refractivity contribution in [1.82, 2.24) is 15.2 Å². The van der Waals surface area contributed by atoms with Gasteiger partial charge in [-0.05, 0) is 50.2 Å². The van der Waals surface area contributed by atoms with E-state index in [0.29, 0.717) is 39.6 Å². The fraction of sp³-hybridized carbons (Fsp3) is 0.292. The molecule has 34 heavy (non-hydrogen) atoms. The van der Waals surface area contributed by atoms with Crippen LogP contribution in [0.4, 0.5) is 10.5 Å². The summed E-state index contributed by atoms with van der Waals surface area (Å²) in [5.41, 5.74) is 1.06. The first-order valence-corrected chi connectivity index (χ1v) is 11.2. The maximum absolute atomic E-state index is 12.2. The fourth-order valence-corrected chi connectivity index (χ4v) is 4.03. The van der Waals surface area contributed by atoms with Crippen molar-refractivity contribution in [2.24, 2.45) is 0 Å². The number of hydrogen-bond donors (Lipinski definition) is 2. The molecule has 0 atom stereocenters. The summed E-state index contributed by atoms with van der Waals surface area (Å²) in [6, 6.07) is 9.43. The van der Waals surface area contributed by atoms with Gasteiger partial charge < -0.3 is 19.5 Å². The summed E-state index contributed by atoms with van der Waals surface area (Å²) in [6.07, 6.45) is 3.76. The molecule has 178 valence electrons. The number of ether oxygens (including phenoxy) is 3. The van der Waals surface area contributed by atoms with Gasteiger partial charge in [-0.3, -0.25) is 20.0 Å². The van der Waals surface area contributed by atoms with Crippen LogP contribution >= 0.6 is 11.6 Å². The highest BCUT2D eigenvalue weighted by molar-refractivity contribution is 6.32. The molecule has 1 aromatic heterocycles. The van der Waals surface area contributed by atoms with Crippen LogP contribution in [0.25, 0.3) is 10.9 Å². The molecule has 3 aromatic rings. The van der Waals surface area contributed by atoms with E-state index in [-0.39, 0.29) is 17.5 Å². The average Bonchev–Trinajstić information content (AvgIpc) is 3.32. The molecular weight excluding hydrogens is 460 g/mol. The molecule has 1 fully saturated rings. The molecule has 2 aromatic carbocycles. The first kappa shape index (κ1) is 23.6. The molecule has 1 aliphatic rings. The number of imide groups is 1. The molecule has 3 amide bonds. The van der Waals surface area contributed by atoms with Gasteiger partial charge in [0, 0.05) is 24.0 Å². The van der Waals surface area contributed by atoms with Crippen LogP contribution in [-0.4, -0.2) is 55.7 Å². The summed E-state index contributed by atoms with van der Waals surface area (Å²) < 4.78 is 16.9. The number of methoxy groups -OCH3 is 2. The van der Waals surface area contributed by atoms with Gasteiger partial charge >= 0.3 is 6.03 Å². The Hall–Kier alpha value is -3.56. The maximum Gasteiger partial charge on any atom is 0.325 e. The Morgan fingerprint density at radius 2 is 1.82 bits per heavy atom. The summed E-state index contributed by atoms with van der Waals surface area (Å²) in [7, 11) is 3.12. The summed E-state index contributed by atoms with van der Waals surface area (Å²) >= 11 is 6.42. The van der Waals surface area contributed by atoms with E-state index in [4.69, 9.17) is 25.8 Å². The minimum Gasteiger partial charge on any atom is -0.497 e. The number of anilines is 1. The Bertz CT molecular complexity index is 1210. The van der Waals surface area contributed by atoms with Crippen molar-refractivity contribution in [3.63, 3.8) is 0 Å². The zero-order valence-corrected chi connectivity index (χ0v) is 19.6. The van der Waals surface area contributed by atoms with E-state index in [9.17, 15) is 9.59 Å². The van der Waals surface area contributed by atoms with E-state index in [0.717, 1.165) is 25.9 Å². The quantitative estimate of drug-likeness (QED) is 0.511. The molecule has 2 heterocycles. The number of likely N-dealkylation sites (tertiary alicyclic amines) is 1. The second-order valence-electron chi connectivity index (χ2n) is 7.77. The van der Waals surface area contributed by atoms with Crippen LogP contribution in [0.15, 0.2) is 42.6 Å². The third-order valence-electron chi connectivity index (χ3n) is 5.42. The largest absolute Gasteiger partial charge is 0.497 e. The number of benzene rings is 2. The van der Waals surface area contributed by atoms with Crippen molar-refractivity contribution in [2.75, 3.05) is 39.2 Å². The molecule has 0 radical (unpaired) electrons. The number of aromatic nitrogens is 1. The summed E-state index contributed by atoms with van der Waals surface area (Å²) in [6.45, 7) is 1.95. The Morgan fingerprint density at radius 1 is 1.03 bits per heavy atom. The minimum absolute atomic E-state index is 0.205. The van der Waals surface area contributed by atoms with Gasteiger partial charge in [-0.15, -0.1) is 0 Å². The lowest BCUT2D eigenvalue weighted by Gasteiger charge is -2.15. The summed E-state index contributed by atoms with van der Waals surface area (Å²) in [4.78, 5) is 30.6. The molecule has 4 rings (SSSR count). The van der Waals surface area contributed by atoms with Crippen molar-refractivity contribution in [3.05, 3.63) is 47.6 Å². The lowest BCUT2D eigenvalue weighted by Crippen LogP contribution is -2.41. The van der Waals surface area contributed by atoms with E-state index in [1.54, 1.807) is 56.8 Å². The molecule has 10 heteroatoms. The Labute approximate surface area is 201 Å². The second kappa shape index (κ2) is 10.6. The van der Waals surface area contributed by atoms with Crippen molar-refractivity contribution in [3.8, 4) is 23.0 Å². The zero-order chi connectivity index (χ0) is 24.1. The number of amides is 3. The lowest BCUT2D eigenvalue weighted by molar-refractivity contribution is -0.120. The number of rotatable bonds is 7. The molecule has 1 aliphatic heterocycles. The molecular formula is C24H25ClN4O5. The van der Waals surface area contributed by atoms with Crippen molar-refractivity contribution in [2.45, 2.75) is 12.8 Å². The highest BCUT2D eigenvalue weighted by atomic mass is 35.5. The third-order valence-corrected chi connectivity index (χ3v) is 5.72. The molecule has 2 N–H and O–H groups in total. The number of fused-ring (bicyclic) bond motifs is 1. The number of halogens is 1. The Morgan fingerprint density at radius 3 is 2.53 bits per heavy atom. The number of pyridine rings is 1. The van der Waals surface area contributed by atoms with Crippen LogP contribution in [0.2, 0.25) is 5.02 Å². The number of hydrogen-bond acceptors (Lipinski definition) is 7. The van der Waals surface area contributed by atoms with Gasteiger partial charge in [-0.1, -0.05) is 11.6 Å². The first-order chi connectivity index (χ1) is 16.5. The molecule has 0 spiro atoms. The number of carbonyl (C=O) groups is 2. The van der Waals surface area contributed by atoms with Gasteiger partial charge in [0.15, 0.2) is 0 Å². The number of nitrogens with one attached hydrogen (secondary N) is 2. The van der Waals surface area contributed by atoms with E-state index >= 15 is 0 Å². The maximum atomic E-state index is 12.2. The molecule has 0 bridgehead atoms.